The molecule has 0 unspecified atom stereocenters. The van der Waals surface area contributed by atoms with Crippen molar-refractivity contribution < 1.29 is 12.8 Å². The quantitative estimate of drug-likeness (QED) is 0.885. The molecular weight excluding hydrogens is 279 g/mol. The highest BCUT2D eigenvalue weighted by atomic mass is 32.2. The molecule has 2 aromatic rings. The summed E-state index contributed by atoms with van der Waals surface area (Å²) < 4.78 is 37.0. The summed E-state index contributed by atoms with van der Waals surface area (Å²) in [7, 11) is -1.91. The molecular formula is C14H15FN2O2S. The lowest BCUT2D eigenvalue weighted by Crippen LogP contribution is -2.25. The molecule has 0 spiro atoms. The topological polar surface area (TPSA) is 63.4 Å². The number of anilines is 2. The largest absolute Gasteiger partial charge is 0.397 e. The SMILES string of the molecule is CN(c1ccc(-c2ccc(F)cc2)cc1N)S(C)(=O)=O. The highest BCUT2D eigenvalue weighted by molar-refractivity contribution is 7.92. The van der Waals surface area contributed by atoms with Crippen LogP contribution >= 0.6 is 0 Å². The molecule has 0 heterocycles. The molecule has 0 aliphatic carbocycles. The first-order valence-corrected chi connectivity index (χ1v) is 7.73. The summed E-state index contributed by atoms with van der Waals surface area (Å²) >= 11 is 0. The van der Waals surface area contributed by atoms with Gasteiger partial charge < -0.3 is 5.73 Å². The van der Waals surface area contributed by atoms with E-state index in [-0.39, 0.29) is 5.82 Å². The van der Waals surface area contributed by atoms with Crippen molar-refractivity contribution in [2.24, 2.45) is 0 Å². The molecule has 2 N–H and O–H groups in total. The van der Waals surface area contributed by atoms with Gasteiger partial charge in [-0.05, 0) is 35.4 Å². The van der Waals surface area contributed by atoms with Crippen molar-refractivity contribution in [3.8, 4) is 11.1 Å². The summed E-state index contributed by atoms with van der Waals surface area (Å²) in [4.78, 5) is 0. The third kappa shape index (κ3) is 2.91. The molecule has 20 heavy (non-hydrogen) atoms. The Kier molecular flexibility index (Phi) is 3.67. The van der Waals surface area contributed by atoms with Gasteiger partial charge in [0.05, 0.1) is 17.6 Å². The monoisotopic (exact) mass is 294 g/mol. The Morgan fingerprint density at radius 2 is 1.60 bits per heavy atom. The van der Waals surface area contributed by atoms with Crippen LogP contribution in [0.25, 0.3) is 11.1 Å². The molecule has 0 radical (unpaired) electrons. The van der Waals surface area contributed by atoms with Gasteiger partial charge in [0.1, 0.15) is 5.82 Å². The first-order valence-electron chi connectivity index (χ1n) is 5.88. The van der Waals surface area contributed by atoms with E-state index in [9.17, 15) is 12.8 Å². The highest BCUT2D eigenvalue weighted by Gasteiger charge is 2.15. The molecule has 106 valence electrons. The molecule has 0 bridgehead atoms. The summed E-state index contributed by atoms with van der Waals surface area (Å²) in [6.45, 7) is 0. The molecule has 0 saturated heterocycles. The van der Waals surface area contributed by atoms with Crippen LogP contribution in [0.2, 0.25) is 0 Å². The fourth-order valence-corrected chi connectivity index (χ4v) is 2.37. The molecule has 0 fully saturated rings. The van der Waals surface area contributed by atoms with Crippen LogP contribution in [0.4, 0.5) is 15.8 Å². The van der Waals surface area contributed by atoms with E-state index in [1.807, 2.05) is 0 Å². The number of nitrogens with two attached hydrogens (primary N) is 1. The van der Waals surface area contributed by atoms with E-state index in [0.29, 0.717) is 11.4 Å². The van der Waals surface area contributed by atoms with E-state index < -0.39 is 10.0 Å². The minimum atomic E-state index is -3.36. The Bertz CT molecular complexity index is 727. The van der Waals surface area contributed by atoms with Crippen LogP contribution in [0.15, 0.2) is 42.5 Å². The average molecular weight is 294 g/mol. The number of rotatable bonds is 3. The van der Waals surface area contributed by atoms with Gasteiger partial charge in [0.25, 0.3) is 0 Å². The van der Waals surface area contributed by atoms with Crippen LogP contribution in [0.3, 0.4) is 0 Å². The molecule has 0 atom stereocenters. The second-order valence-electron chi connectivity index (χ2n) is 4.51. The summed E-state index contributed by atoms with van der Waals surface area (Å²) in [5.74, 6) is -0.310. The van der Waals surface area contributed by atoms with Gasteiger partial charge in [-0.25, -0.2) is 12.8 Å². The van der Waals surface area contributed by atoms with Gasteiger partial charge in [-0.3, -0.25) is 4.31 Å². The molecule has 0 aliphatic heterocycles. The molecule has 6 heteroatoms. The molecule has 0 saturated carbocycles. The lowest BCUT2D eigenvalue weighted by molar-refractivity contribution is 0.600. The molecule has 2 aromatic carbocycles. The first kappa shape index (κ1) is 14.3. The summed E-state index contributed by atoms with van der Waals surface area (Å²) in [6.07, 6.45) is 1.11. The number of benzene rings is 2. The minimum absolute atomic E-state index is 0.310. The van der Waals surface area contributed by atoms with E-state index in [1.165, 1.54) is 19.2 Å². The van der Waals surface area contributed by atoms with E-state index >= 15 is 0 Å². The number of hydrogen-bond donors (Lipinski definition) is 1. The van der Waals surface area contributed by atoms with Crippen LogP contribution in [0, 0.1) is 5.82 Å². The van der Waals surface area contributed by atoms with Crippen molar-refractivity contribution in [1.82, 2.24) is 0 Å². The zero-order valence-electron chi connectivity index (χ0n) is 11.2. The van der Waals surface area contributed by atoms with E-state index in [0.717, 1.165) is 21.7 Å². The van der Waals surface area contributed by atoms with Crippen LogP contribution in [0.1, 0.15) is 0 Å². The number of nitrogens with zero attached hydrogens (tertiary/aromatic N) is 1. The number of halogens is 1. The number of hydrogen-bond acceptors (Lipinski definition) is 3. The second kappa shape index (κ2) is 5.13. The lowest BCUT2D eigenvalue weighted by Gasteiger charge is -2.19. The lowest BCUT2D eigenvalue weighted by atomic mass is 10.0. The molecule has 0 aromatic heterocycles. The molecule has 4 nitrogen and oxygen atoms in total. The van der Waals surface area contributed by atoms with Crippen molar-refractivity contribution >= 4 is 21.4 Å². The second-order valence-corrected chi connectivity index (χ2v) is 6.52. The smallest absolute Gasteiger partial charge is 0.232 e. The van der Waals surface area contributed by atoms with E-state index in [2.05, 4.69) is 0 Å². The summed E-state index contributed by atoms with van der Waals surface area (Å²) in [5, 5.41) is 0. The van der Waals surface area contributed by atoms with Gasteiger partial charge in [0.2, 0.25) is 10.0 Å². The molecule has 0 amide bonds. The van der Waals surface area contributed by atoms with Gasteiger partial charge in [-0.2, -0.15) is 0 Å². The molecule has 2 rings (SSSR count). The van der Waals surface area contributed by atoms with Crippen LogP contribution in [0.5, 0.6) is 0 Å². The fraction of sp³-hybridized carbons (Fsp3) is 0.143. The predicted molar refractivity (Wildman–Crippen MR) is 79.5 cm³/mol. The fourth-order valence-electron chi connectivity index (χ4n) is 1.84. The maximum absolute atomic E-state index is 12.9. The Labute approximate surface area is 117 Å². The van der Waals surface area contributed by atoms with Crippen LogP contribution in [-0.4, -0.2) is 21.7 Å². The highest BCUT2D eigenvalue weighted by Crippen LogP contribution is 2.30. The van der Waals surface area contributed by atoms with Gasteiger partial charge in [-0.1, -0.05) is 18.2 Å². The van der Waals surface area contributed by atoms with Gasteiger partial charge in [0, 0.05) is 7.05 Å². The zero-order chi connectivity index (χ0) is 14.9. The average Bonchev–Trinajstić information content (AvgIpc) is 2.37. The van der Waals surface area contributed by atoms with Gasteiger partial charge in [-0.15, -0.1) is 0 Å². The van der Waals surface area contributed by atoms with Gasteiger partial charge in [0.15, 0.2) is 0 Å². The number of sulfonamides is 1. The maximum atomic E-state index is 12.9. The summed E-state index contributed by atoms with van der Waals surface area (Å²) in [6, 6.07) is 11.1. The Morgan fingerprint density at radius 3 is 2.10 bits per heavy atom. The summed E-state index contributed by atoms with van der Waals surface area (Å²) in [5.41, 5.74) is 8.28. The Balaban J connectivity index is 2.42. The predicted octanol–water partition coefficient (Wildman–Crippen LogP) is 2.47. The minimum Gasteiger partial charge on any atom is -0.397 e. The third-order valence-corrected chi connectivity index (χ3v) is 4.23. The first-order chi connectivity index (χ1) is 9.29. The zero-order valence-corrected chi connectivity index (χ0v) is 12.0. The van der Waals surface area contributed by atoms with Crippen LogP contribution < -0.4 is 10.0 Å². The van der Waals surface area contributed by atoms with Crippen molar-refractivity contribution in [3.63, 3.8) is 0 Å². The third-order valence-electron chi connectivity index (χ3n) is 3.04. The van der Waals surface area contributed by atoms with Crippen molar-refractivity contribution in [1.29, 1.82) is 0 Å². The Hall–Kier alpha value is -2.08. The van der Waals surface area contributed by atoms with Crippen molar-refractivity contribution in [2.45, 2.75) is 0 Å². The van der Waals surface area contributed by atoms with Crippen molar-refractivity contribution in [2.75, 3.05) is 23.3 Å². The number of nitrogen functional groups attached to an aromatic ring is 1. The van der Waals surface area contributed by atoms with E-state index in [1.54, 1.807) is 30.3 Å². The van der Waals surface area contributed by atoms with E-state index in [4.69, 9.17) is 5.73 Å². The molecule has 0 aliphatic rings. The van der Waals surface area contributed by atoms with Gasteiger partial charge >= 0.3 is 0 Å². The Morgan fingerprint density at radius 1 is 1.05 bits per heavy atom. The van der Waals surface area contributed by atoms with Crippen LogP contribution in [-0.2, 0) is 10.0 Å². The normalized spacial score (nSPS) is 11.3. The maximum Gasteiger partial charge on any atom is 0.232 e. The van der Waals surface area contributed by atoms with Crippen molar-refractivity contribution in [3.05, 3.63) is 48.3 Å². The standard InChI is InChI=1S/C14H15FN2O2S/c1-17(20(2,18)19)14-8-5-11(9-13(14)16)10-3-6-12(15)7-4-10/h3-9H,16H2,1-2H3.